The SMILES string of the molecule is CNC(C)(C)c1ccccc1. The third-order valence-corrected chi connectivity index (χ3v) is 2.12. The van der Waals surface area contributed by atoms with Gasteiger partial charge >= 0.3 is 0 Å². The summed E-state index contributed by atoms with van der Waals surface area (Å²) >= 11 is 0. The summed E-state index contributed by atoms with van der Waals surface area (Å²) in [6, 6.07) is 10.4. The van der Waals surface area contributed by atoms with E-state index >= 15 is 0 Å². The summed E-state index contributed by atoms with van der Waals surface area (Å²) in [6.07, 6.45) is 0. The summed E-state index contributed by atoms with van der Waals surface area (Å²) in [6.45, 7) is 4.34. The average Bonchev–Trinajstić information content (AvgIpc) is 2.06. The molecule has 1 N–H and O–H groups in total. The van der Waals surface area contributed by atoms with E-state index < -0.39 is 0 Å². The molecule has 0 saturated carbocycles. The fourth-order valence-electron chi connectivity index (χ4n) is 0.999. The lowest BCUT2D eigenvalue weighted by molar-refractivity contribution is 0.445. The molecule has 0 amide bonds. The lowest BCUT2D eigenvalue weighted by atomic mass is 9.95. The first kappa shape index (κ1) is 8.28. The maximum atomic E-state index is 3.26. The Hall–Kier alpha value is -0.820. The zero-order valence-corrected chi connectivity index (χ0v) is 7.39. The molecule has 0 aromatic heterocycles. The lowest BCUT2D eigenvalue weighted by Gasteiger charge is -2.24. The molecular formula is C10H15N. The van der Waals surface area contributed by atoms with Crippen LogP contribution in [0.4, 0.5) is 0 Å². The summed E-state index contributed by atoms with van der Waals surface area (Å²) in [5.41, 5.74) is 1.41. The molecule has 0 aliphatic carbocycles. The van der Waals surface area contributed by atoms with Crippen LogP contribution in [0, 0.1) is 0 Å². The highest BCUT2D eigenvalue weighted by Crippen LogP contribution is 2.17. The average molecular weight is 149 g/mol. The van der Waals surface area contributed by atoms with E-state index in [1.54, 1.807) is 0 Å². The molecule has 0 atom stereocenters. The van der Waals surface area contributed by atoms with Gasteiger partial charge in [0.1, 0.15) is 0 Å². The van der Waals surface area contributed by atoms with Crippen LogP contribution in [-0.4, -0.2) is 7.05 Å². The molecule has 0 aliphatic heterocycles. The highest BCUT2D eigenvalue weighted by atomic mass is 14.9. The summed E-state index contributed by atoms with van der Waals surface area (Å²) in [5, 5.41) is 3.26. The number of hydrogen-bond acceptors (Lipinski definition) is 1. The fourth-order valence-corrected chi connectivity index (χ4v) is 0.999. The molecule has 0 radical (unpaired) electrons. The van der Waals surface area contributed by atoms with Crippen molar-refractivity contribution < 1.29 is 0 Å². The van der Waals surface area contributed by atoms with Crippen molar-refractivity contribution in [1.29, 1.82) is 0 Å². The largest absolute Gasteiger partial charge is 0.311 e. The maximum absolute atomic E-state index is 3.26. The normalized spacial score (nSPS) is 11.5. The lowest BCUT2D eigenvalue weighted by Crippen LogP contribution is -2.32. The molecule has 1 aromatic rings. The van der Waals surface area contributed by atoms with Gasteiger partial charge in [0.2, 0.25) is 0 Å². The Morgan fingerprint density at radius 3 is 2.09 bits per heavy atom. The predicted molar refractivity (Wildman–Crippen MR) is 48.5 cm³/mol. The molecule has 60 valence electrons. The molecule has 1 rings (SSSR count). The highest BCUT2D eigenvalue weighted by molar-refractivity contribution is 5.22. The number of benzene rings is 1. The minimum Gasteiger partial charge on any atom is -0.311 e. The van der Waals surface area contributed by atoms with E-state index in [1.165, 1.54) is 5.56 Å². The van der Waals surface area contributed by atoms with Crippen LogP contribution in [0.5, 0.6) is 0 Å². The van der Waals surface area contributed by atoms with E-state index in [1.807, 2.05) is 13.1 Å². The van der Waals surface area contributed by atoms with Gasteiger partial charge in [-0.3, -0.25) is 0 Å². The van der Waals surface area contributed by atoms with Gasteiger partial charge in [-0.05, 0) is 26.5 Å². The smallest absolute Gasteiger partial charge is 0.0374 e. The van der Waals surface area contributed by atoms with Crippen molar-refractivity contribution in [3.8, 4) is 0 Å². The van der Waals surface area contributed by atoms with Gasteiger partial charge in [0.05, 0.1) is 0 Å². The fraction of sp³-hybridized carbons (Fsp3) is 0.400. The van der Waals surface area contributed by atoms with Crippen LogP contribution >= 0.6 is 0 Å². The standard InChI is InChI=1S/C10H15N/c1-10(2,11-3)9-7-5-4-6-8-9/h4-8,11H,1-3H3. The molecule has 1 nitrogen and oxygen atoms in total. The van der Waals surface area contributed by atoms with E-state index in [4.69, 9.17) is 0 Å². The zero-order valence-electron chi connectivity index (χ0n) is 7.39. The minimum atomic E-state index is 0.0846. The van der Waals surface area contributed by atoms with Crippen molar-refractivity contribution in [1.82, 2.24) is 5.32 Å². The van der Waals surface area contributed by atoms with Crippen molar-refractivity contribution in [2.45, 2.75) is 19.4 Å². The Balaban J connectivity index is 2.93. The topological polar surface area (TPSA) is 12.0 Å². The first-order valence-corrected chi connectivity index (χ1v) is 3.91. The van der Waals surface area contributed by atoms with E-state index in [0.717, 1.165) is 0 Å². The van der Waals surface area contributed by atoms with Gasteiger partial charge in [-0.1, -0.05) is 30.3 Å². The van der Waals surface area contributed by atoms with Crippen LogP contribution in [0.3, 0.4) is 0 Å². The second-order valence-electron chi connectivity index (χ2n) is 3.24. The Morgan fingerprint density at radius 2 is 1.64 bits per heavy atom. The van der Waals surface area contributed by atoms with Crippen LogP contribution in [0.2, 0.25) is 0 Å². The van der Waals surface area contributed by atoms with Crippen molar-refractivity contribution >= 4 is 0 Å². The van der Waals surface area contributed by atoms with E-state index in [-0.39, 0.29) is 5.54 Å². The van der Waals surface area contributed by atoms with Crippen molar-refractivity contribution in [2.75, 3.05) is 7.05 Å². The van der Waals surface area contributed by atoms with Gasteiger partial charge in [-0.15, -0.1) is 0 Å². The van der Waals surface area contributed by atoms with Gasteiger partial charge in [0.25, 0.3) is 0 Å². The molecule has 0 heterocycles. The number of rotatable bonds is 2. The molecule has 0 spiro atoms. The molecule has 1 heteroatoms. The Labute approximate surface area is 68.4 Å². The van der Waals surface area contributed by atoms with Crippen molar-refractivity contribution in [2.24, 2.45) is 0 Å². The zero-order chi connectivity index (χ0) is 8.32. The molecule has 0 saturated heterocycles. The van der Waals surface area contributed by atoms with E-state index in [2.05, 4.69) is 43.4 Å². The summed E-state index contributed by atoms with van der Waals surface area (Å²) in [7, 11) is 1.98. The Morgan fingerprint density at radius 1 is 1.09 bits per heavy atom. The van der Waals surface area contributed by atoms with Gasteiger partial charge in [-0.2, -0.15) is 0 Å². The number of hydrogen-bond donors (Lipinski definition) is 1. The monoisotopic (exact) mass is 149 g/mol. The first-order valence-electron chi connectivity index (χ1n) is 3.91. The van der Waals surface area contributed by atoms with Gasteiger partial charge < -0.3 is 5.32 Å². The van der Waals surface area contributed by atoms with Crippen LogP contribution in [0.25, 0.3) is 0 Å². The van der Waals surface area contributed by atoms with Crippen LogP contribution in [-0.2, 0) is 5.54 Å². The molecule has 11 heavy (non-hydrogen) atoms. The molecule has 1 aromatic carbocycles. The molecule has 0 bridgehead atoms. The van der Waals surface area contributed by atoms with Crippen molar-refractivity contribution in [3.05, 3.63) is 35.9 Å². The third kappa shape index (κ3) is 1.81. The van der Waals surface area contributed by atoms with Gasteiger partial charge in [0, 0.05) is 5.54 Å². The Bertz CT molecular complexity index is 214. The van der Waals surface area contributed by atoms with E-state index in [0.29, 0.717) is 0 Å². The number of nitrogens with one attached hydrogen (secondary N) is 1. The third-order valence-electron chi connectivity index (χ3n) is 2.12. The highest BCUT2D eigenvalue weighted by Gasteiger charge is 2.15. The van der Waals surface area contributed by atoms with E-state index in [9.17, 15) is 0 Å². The molecule has 0 aliphatic rings. The van der Waals surface area contributed by atoms with Crippen LogP contribution in [0.15, 0.2) is 30.3 Å². The quantitative estimate of drug-likeness (QED) is 0.679. The maximum Gasteiger partial charge on any atom is 0.0374 e. The second kappa shape index (κ2) is 3.05. The summed E-state index contributed by atoms with van der Waals surface area (Å²) in [5.74, 6) is 0. The first-order chi connectivity index (χ1) is 5.17. The Kier molecular flexibility index (Phi) is 2.30. The van der Waals surface area contributed by atoms with Crippen molar-refractivity contribution in [3.63, 3.8) is 0 Å². The summed E-state index contributed by atoms with van der Waals surface area (Å²) in [4.78, 5) is 0. The predicted octanol–water partition coefficient (Wildman–Crippen LogP) is 2.14. The minimum absolute atomic E-state index is 0.0846. The van der Waals surface area contributed by atoms with Gasteiger partial charge in [-0.25, -0.2) is 0 Å². The second-order valence-corrected chi connectivity index (χ2v) is 3.24. The molecular weight excluding hydrogens is 134 g/mol. The van der Waals surface area contributed by atoms with Crippen LogP contribution in [0.1, 0.15) is 19.4 Å². The molecule has 0 fully saturated rings. The van der Waals surface area contributed by atoms with Crippen LogP contribution < -0.4 is 5.32 Å². The van der Waals surface area contributed by atoms with Gasteiger partial charge in [0.15, 0.2) is 0 Å². The summed E-state index contributed by atoms with van der Waals surface area (Å²) < 4.78 is 0. The molecule has 0 unspecified atom stereocenters.